The molecule has 2 aliphatic heterocycles. The minimum absolute atomic E-state index is 0.0378. The molecule has 1 aromatic heterocycles. The summed E-state index contributed by atoms with van der Waals surface area (Å²) in [5.74, 6) is -4.03. The SMILES string of the molecule is O=C1CCC(c2c(F)cc(N3CC(NC(=O)Cc4ccc(Cl)cn4)C3)cc2F)C(=O)N1. The van der Waals surface area contributed by atoms with Crippen LogP contribution in [0.1, 0.15) is 30.0 Å². The van der Waals surface area contributed by atoms with E-state index in [1.165, 1.54) is 18.3 Å². The molecule has 162 valence electrons. The van der Waals surface area contributed by atoms with Gasteiger partial charge in [-0.1, -0.05) is 11.6 Å². The summed E-state index contributed by atoms with van der Waals surface area (Å²) in [7, 11) is 0. The van der Waals surface area contributed by atoms with Crippen molar-refractivity contribution < 1.29 is 23.2 Å². The summed E-state index contributed by atoms with van der Waals surface area (Å²) in [5, 5.41) is 5.46. The first-order chi connectivity index (χ1) is 14.8. The van der Waals surface area contributed by atoms with Crippen LogP contribution in [0.3, 0.4) is 0 Å². The fourth-order valence-electron chi connectivity index (χ4n) is 3.79. The van der Waals surface area contributed by atoms with Crippen LogP contribution in [-0.2, 0) is 20.8 Å². The molecule has 2 aliphatic rings. The number of benzene rings is 1. The molecule has 0 aliphatic carbocycles. The maximum atomic E-state index is 14.6. The molecular formula is C21H19ClF2N4O3. The smallest absolute Gasteiger partial charge is 0.234 e. The van der Waals surface area contributed by atoms with E-state index in [-0.39, 0.29) is 36.8 Å². The summed E-state index contributed by atoms with van der Waals surface area (Å²) >= 11 is 5.77. The minimum Gasteiger partial charge on any atom is -0.367 e. The molecule has 0 spiro atoms. The maximum Gasteiger partial charge on any atom is 0.234 e. The fourth-order valence-corrected chi connectivity index (χ4v) is 3.90. The van der Waals surface area contributed by atoms with Gasteiger partial charge >= 0.3 is 0 Å². The van der Waals surface area contributed by atoms with E-state index >= 15 is 0 Å². The van der Waals surface area contributed by atoms with Crippen LogP contribution in [0.2, 0.25) is 5.02 Å². The van der Waals surface area contributed by atoms with Gasteiger partial charge in [-0.3, -0.25) is 24.7 Å². The van der Waals surface area contributed by atoms with Crippen LogP contribution in [0.15, 0.2) is 30.5 Å². The molecule has 2 saturated heterocycles. The van der Waals surface area contributed by atoms with Gasteiger partial charge in [-0.05, 0) is 30.7 Å². The van der Waals surface area contributed by atoms with E-state index in [0.29, 0.717) is 29.5 Å². The quantitative estimate of drug-likeness (QED) is 0.683. The molecular weight excluding hydrogens is 430 g/mol. The molecule has 2 fully saturated rings. The highest BCUT2D eigenvalue weighted by Gasteiger charge is 2.34. The zero-order chi connectivity index (χ0) is 22.1. The number of rotatable bonds is 5. The van der Waals surface area contributed by atoms with Crippen molar-refractivity contribution in [1.29, 1.82) is 0 Å². The molecule has 3 heterocycles. The van der Waals surface area contributed by atoms with E-state index in [1.807, 2.05) is 0 Å². The number of nitrogens with one attached hydrogen (secondary N) is 2. The highest BCUT2D eigenvalue weighted by molar-refractivity contribution is 6.30. The van der Waals surface area contributed by atoms with E-state index in [2.05, 4.69) is 15.6 Å². The Hall–Kier alpha value is -3.07. The first kappa shape index (κ1) is 21.2. The second-order valence-corrected chi connectivity index (χ2v) is 8.08. The Morgan fingerprint density at radius 2 is 1.94 bits per heavy atom. The number of amides is 3. The van der Waals surface area contributed by atoms with Crippen molar-refractivity contribution in [3.8, 4) is 0 Å². The topological polar surface area (TPSA) is 91.4 Å². The number of imide groups is 1. The van der Waals surface area contributed by atoms with Crippen LogP contribution in [0.5, 0.6) is 0 Å². The van der Waals surface area contributed by atoms with Gasteiger partial charge in [0.2, 0.25) is 17.7 Å². The van der Waals surface area contributed by atoms with Crippen molar-refractivity contribution >= 4 is 35.0 Å². The van der Waals surface area contributed by atoms with Crippen molar-refractivity contribution in [2.45, 2.75) is 31.2 Å². The number of anilines is 1. The second-order valence-electron chi connectivity index (χ2n) is 7.64. The highest BCUT2D eigenvalue weighted by atomic mass is 35.5. The molecule has 0 saturated carbocycles. The predicted octanol–water partition coefficient (Wildman–Crippen LogP) is 2.08. The third-order valence-electron chi connectivity index (χ3n) is 5.39. The first-order valence-electron chi connectivity index (χ1n) is 9.77. The summed E-state index contributed by atoms with van der Waals surface area (Å²) < 4.78 is 29.3. The summed E-state index contributed by atoms with van der Waals surface area (Å²) in [4.78, 5) is 41.2. The molecule has 7 nitrogen and oxygen atoms in total. The van der Waals surface area contributed by atoms with Crippen molar-refractivity contribution in [2.75, 3.05) is 18.0 Å². The van der Waals surface area contributed by atoms with Gasteiger partial charge in [0, 0.05) is 42.7 Å². The third kappa shape index (κ3) is 4.66. The van der Waals surface area contributed by atoms with Crippen LogP contribution in [-0.4, -0.2) is 41.8 Å². The third-order valence-corrected chi connectivity index (χ3v) is 5.62. The molecule has 0 radical (unpaired) electrons. The standard InChI is InChI=1S/C21H19ClF2N4O3/c22-11-1-2-12(25-8-11)5-19(30)26-13-9-28(10-13)14-6-16(23)20(17(24)7-14)15-3-4-18(29)27-21(15)31/h1-2,6-8,13,15H,3-5,9-10H2,(H,26,30)(H,27,29,31). The Morgan fingerprint density at radius 3 is 2.55 bits per heavy atom. The molecule has 3 amide bonds. The monoisotopic (exact) mass is 448 g/mol. The fraction of sp³-hybridized carbons (Fsp3) is 0.333. The zero-order valence-electron chi connectivity index (χ0n) is 16.3. The van der Waals surface area contributed by atoms with Crippen LogP contribution in [0.25, 0.3) is 0 Å². The summed E-state index contributed by atoms with van der Waals surface area (Å²) in [6.45, 7) is 0.798. The van der Waals surface area contributed by atoms with E-state index < -0.39 is 29.4 Å². The molecule has 4 rings (SSSR count). The van der Waals surface area contributed by atoms with Gasteiger partial charge in [0.1, 0.15) is 11.6 Å². The lowest BCUT2D eigenvalue weighted by Gasteiger charge is -2.41. The van der Waals surface area contributed by atoms with Gasteiger partial charge < -0.3 is 10.2 Å². The number of piperidine rings is 1. The van der Waals surface area contributed by atoms with Gasteiger partial charge in [-0.2, -0.15) is 0 Å². The zero-order valence-corrected chi connectivity index (χ0v) is 17.1. The first-order valence-corrected chi connectivity index (χ1v) is 10.2. The van der Waals surface area contributed by atoms with E-state index in [4.69, 9.17) is 11.6 Å². The lowest BCUT2D eigenvalue weighted by molar-refractivity contribution is -0.134. The maximum absolute atomic E-state index is 14.6. The van der Waals surface area contributed by atoms with Crippen molar-refractivity contribution in [3.05, 3.63) is 58.4 Å². The second kappa shape index (κ2) is 8.58. The normalized spacial score (nSPS) is 19.1. The molecule has 1 atom stereocenters. The van der Waals surface area contributed by atoms with Crippen LogP contribution in [0.4, 0.5) is 14.5 Å². The Balaban J connectivity index is 1.35. The molecule has 2 aromatic rings. The van der Waals surface area contributed by atoms with Crippen LogP contribution in [0, 0.1) is 11.6 Å². The summed E-state index contributed by atoms with van der Waals surface area (Å²) in [5.41, 5.74) is 0.594. The van der Waals surface area contributed by atoms with Crippen molar-refractivity contribution in [2.24, 2.45) is 0 Å². The largest absolute Gasteiger partial charge is 0.367 e. The Labute approximate surface area is 181 Å². The van der Waals surface area contributed by atoms with Crippen LogP contribution < -0.4 is 15.5 Å². The highest BCUT2D eigenvalue weighted by Crippen LogP contribution is 2.33. The Morgan fingerprint density at radius 1 is 1.23 bits per heavy atom. The average Bonchev–Trinajstić information content (AvgIpc) is 2.67. The van der Waals surface area contributed by atoms with Gasteiger partial charge in [-0.15, -0.1) is 0 Å². The van der Waals surface area contributed by atoms with Gasteiger partial charge in [0.25, 0.3) is 0 Å². The average molecular weight is 449 g/mol. The lowest BCUT2D eigenvalue weighted by atomic mass is 9.89. The van der Waals surface area contributed by atoms with Gasteiger partial charge in [0.05, 0.1) is 23.4 Å². The molecule has 31 heavy (non-hydrogen) atoms. The summed E-state index contributed by atoms with van der Waals surface area (Å²) in [6, 6.07) is 5.53. The number of nitrogens with zero attached hydrogens (tertiary/aromatic N) is 2. The molecule has 10 heteroatoms. The van der Waals surface area contributed by atoms with E-state index in [9.17, 15) is 23.2 Å². The van der Waals surface area contributed by atoms with Crippen LogP contribution >= 0.6 is 11.6 Å². The number of halogens is 3. The number of carbonyl (C=O) groups is 3. The van der Waals surface area contributed by atoms with E-state index in [0.717, 1.165) is 0 Å². The van der Waals surface area contributed by atoms with Gasteiger partial charge in [0.15, 0.2) is 0 Å². The summed E-state index contributed by atoms with van der Waals surface area (Å²) in [6.07, 6.45) is 1.68. The van der Waals surface area contributed by atoms with Gasteiger partial charge in [-0.25, -0.2) is 8.78 Å². The number of aromatic nitrogens is 1. The molecule has 0 bridgehead atoms. The Bertz CT molecular complexity index is 1020. The molecule has 1 aromatic carbocycles. The molecule has 1 unspecified atom stereocenters. The predicted molar refractivity (Wildman–Crippen MR) is 109 cm³/mol. The van der Waals surface area contributed by atoms with Crippen molar-refractivity contribution in [3.63, 3.8) is 0 Å². The molecule has 2 N–H and O–H groups in total. The number of hydrogen-bond donors (Lipinski definition) is 2. The number of carbonyl (C=O) groups excluding carboxylic acids is 3. The lowest BCUT2D eigenvalue weighted by Crippen LogP contribution is -2.59. The Kier molecular flexibility index (Phi) is 5.86. The minimum atomic E-state index is -1.03. The van der Waals surface area contributed by atoms with E-state index in [1.54, 1.807) is 17.0 Å². The number of hydrogen-bond acceptors (Lipinski definition) is 5. The van der Waals surface area contributed by atoms with Crippen molar-refractivity contribution in [1.82, 2.24) is 15.6 Å². The number of pyridine rings is 1.